The summed E-state index contributed by atoms with van der Waals surface area (Å²) in [5.74, 6) is 1.12. The Morgan fingerprint density at radius 2 is 1.48 bits per heavy atom. The van der Waals surface area contributed by atoms with Crippen LogP contribution < -0.4 is 0 Å². The molecule has 5 heteroatoms. The van der Waals surface area contributed by atoms with Crippen molar-refractivity contribution in [2.75, 3.05) is 0 Å². The monoisotopic (exact) mass is 336 g/mol. The Labute approximate surface area is 148 Å². The van der Waals surface area contributed by atoms with Crippen LogP contribution in [0.3, 0.4) is 0 Å². The van der Waals surface area contributed by atoms with E-state index >= 15 is 0 Å². The number of pyridine rings is 2. The molecule has 0 aliphatic rings. The van der Waals surface area contributed by atoms with Crippen molar-refractivity contribution in [1.29, 1.82) is 0 Å². The minimum Gasteiger partial charge on any atom is -0.334 e. The van der Waals surface area contributed by atoms with Crippen molar-refractivity contribution in [3.63, 3.8) is 0 Å². The standard InChI is InChI=1S/C20H24N4O/c1-5-6-7-8-18-12-17(11-15(4)22-18)20-23-19(24-25-20)16-9-13(2)21-14(3)10-16/h9-12H,5-8H2,1-4H3. The molecule has 25 heavy (non-hydrogen) atoms. The zero-order valence-electron chi connectivity index (χ0n) is 15.3. The summed E-state index contributed by atoms with van der Waals surface area (Å²) in [6, 6.07) is 7.98. The number of hydrogen-bond acceptors (Lipinski definition) is 5. The van der Waals surface area contributed by atoms with Gasteiger partial charge in [-0.05, 0) is 57.9 Å². The third-order valence-corrected chi connectivity index (χ3v) is 4.06. The summed E-state index contributed by atoms with van der Waals surface area (Å²) in [6.45, 7) is 8.13. The van der Waals surface area contributed by atoms with Gasteiger partial charge in [-0.25, -0.2) is 0 Å². The van der Waals surface area contributed by atoms with Crippen molar-refractivity contribution in [3.05, 3.63) is 47.0 Å². The summed E-state index contributed by atoms with van der Waals surface area (Å²) in [4.78, 5) is 13.6. The summed E-state index contributed by atoms with van der Waals surface area (Å²) < 4.78 is 5.51. The molecule has 0 unspecified atom stereocenters. The van der Waals surface area contributed by atoms with Crippen LogP contribution in [0.25, 0.3) is 22.8 Å². The first kappa shape index (κ1) is 17.3. The first-order valence-corrected chi connectivity index (χ1v) is 8.82. The minimum absolute atomic E-state index is 0.532. The molecule has 0 spiro atoms. The van der Waals surface area contributed by atoms with E-state index in [1.165, 1.54) is 12.8 Å². The molecule has 0 fully saturated rings. The Morgan fingerprint density at radius 1 is 0.800 bits per heavy atom. The molecule has 130 valence electrons. The third kappa shape index (κ3) is 4.29. The van der Waals surface area contributed by atoms with Crippen LogP contribution in [-0.2, 0) is 6.42 Å². The van der Waals surface area contributed by atoms with Crippen LogP contribution in [-0.4, -0.2) is 20.1 Å². The van der Waals surface area contributed by atoms with Gasteiger partial charge < -0.3 is 4.52 Å². The highest BCUT2D eigenvalue weighted by Gasteiger charge is 2.13. The summed E-state index contributed by atoms with van der Waals surface area (Å²) >= 11 is 0. The normalized spacial score (nSPS) is 11.0. The van der Waals surface area contributed by atoms with Crippen molar-refractivity contribution in [3.8, 4) is 22.8 Å². The molecule has 0 aliphatic heterocycles. The Balaban J connectivity index is 1.89. The van der Waals surface area contributed by atoms with Gasteiger partial charge in [0, 0.05) is 33.9 Å². The van der Waals surface area contributed by atoms with Crippen LogP contribution in [0.1, 0.15) is 49.0 Å². The van der Waals surface area contributed by atoms with E-state index in [1.807, 2.05) is 39.0 Å². The highest BCUT2D eigenvalue weighted by molar-refractivity contribution is 5.60. The molecule has 0 N–H and O–H groups in total. The van der Waals surface area contributed by atoms with E-state index in [2.05, 4.69) is 33.1 Å². The van der Waals surface area contributed by atoms with Crippen LogP contribution in [0.2, 0.25) is 0 Å². The average Bonchev–Trinajstić information content (AvgIpc) is 3.04. The number of aromatic nitrogens is 4. The SMILES string of the molecule is CCCCCc1cc(-c2nc(-c3cc(C)nc(C)c3)no2)cc(C)n1. The van der Waals surface area contributed by atoms with Crippen molar-refractivity contribution in [1.82, 2.24) is 20.1 Å². The lowest BCUT2D eigenvalue weighted by molar-refractivity contribution is 0.432. The van der Waals surface area contributed by atoms with Crippen LogP contribution in [0.5, 0.6) is 0 Å². The van der Waals surface area contributed by atoms with E-state index in [0.717, 1.165) is 46.7 Å². The molecule has 3 heterocycles. The second-order valence-corrected chi connectivity index (χ2v) is 6.51. The lowest BCUT2D eigenvalue weighted by Crippen LogP contribution is -1.94. The van der Waals surface area contributed by atoms with E-state index < -0.39 is 0 Å². The smallest absolute Gasteiger partial charge is 0.258 e. The minimum atomic E-state index is 0.532. The van der Waals surface area contributed by atoms with Crippen LogP contribution in [0, 0.1) is 20.8 Å². The molecule has 0 atom stereocenters. The summed E-state index contributed by atoms with van der Waals surface area (Å²) in [5, 5.41) is 4.15. The summed E-state index contributed by atoms with van der Waals surface area (Å²) in [7, 11) is 0. The van der Waals surface area contributed by atoms with Gasteiger partial charge >= 0.3 is 0 Å². The molecule has 0 saturated carbocycles. The fourth-order valence-corrected chi connectivity index (χ4v) is 2.97. The van der Waals surface area contributed by atoms with Crippen molar-refractivity contribution >= 4 is 0 Å². The Bertz CT molecular complexity index is 850. The molecule has 0 saturated heterocycles. The molecular weight excluding hydrogens is 312 g/mol. The molecule has 5 nitrogen and oxygen atoms in total. The predicted octanol–water partition coefficient (Wildman–Crippen LogP) is 4.85. The Kier molecular flexibility index (Phi) is 5.22. The van der Waals surface area contributed by atoms with Gasteiger partial charge in [0.05, 0.1) is 0 Å². The highest BCUT2D eigenvalue weighted by atomic mass is 16.5. The van der Waals surface area contributed by atoms with Gasteiger partial charge in [0.15, 0.2) is 0 Å². The van der Waals surface area contributed by atoms with Gasteiger partial charge in [-0.2, -0.15) is 4.98 Å². The largest absolute Gasteiger partial charge is 0.334 e. The molecule has 0 amide bonds. The van der Waals surface area contributed by atoms with Crippen LogP contribution in [0.15, 0.2) is 28.8 Å². The summed E-state index contributed by atoms with van der Waals surface area (Å²) in [5.41, 5.74) is 5.80. The third-order valence-electron chi connectivity index (χ3n) is 4.06. The van der Waals surface area contributed by atoms with Crippen molar-refractivity contribution in [2.45, 2.75) is 53.4 Å². The fourth-order valence-electron chi connectivity index (χ4n) is 2.97. The molecule has 3 aromatic rings. The van der Waals surface area contributed by atoms with E-state index in [0.29, 0.717) is 11.7 Å². The number of unbranched alkanes of at least 4 members (excludes halogenated alkanes) is 2. The first-order chi connectivity index (χ1) is 12.0. The maximum Gasteiger partial charge on any atom is 0.258 e. The number of hydrogen-bond donors (Lipinski definition) is 0. The second kappa shape index (κ2) is 7.55. The van der Waals surface area contributed by atoms with Gasteiger partial charge in [-0.15, -0.1) is 0 Å². The maximum absolute atomic E-state index is 5.51. The molecule has 0 bridgehead atoms. The van der Waals surface area contributed by atoms with E-state index in [9.17, 15) is 0 Å². The van der Waals surface area contributed by atoms with E-state index in [1.54, 1.807) is 0 Å². The number of nitrogens with zero attached hydrogens (tertiary/aromatic N) is 4. The lowest BCUT2D eigenvalue weighted by atomic mass is 10.1. The maximum atomic E-state index is 5.51. The van der Waals surface area contributed by atoms with Gasteiger partial charge in [0.2, 0.25) is 5.82 Å². The van der Waals surface area contributed by atoms with Gasteiger partial charge in [0.1, 0.15) is 0 Å². The van der Waals surface area contributed by atoms with Crippen molar-refractivity contribution in [2.24, 2.45) is 0 Å². The van der Waals surface area contributed by atoms with Gasteiger partial charge in [-0.3, -0.25) is 9.97 Å². The predicted molar refractivity (Wildman–Crippen MR) is 98.2 cm³/mol. The van der Waals surface area contributed by atoms with Crippen LogP contribution in [0.4, 0.5) is 0 Å². The van der Waals surface area contributed by atoms with E-state index in [-0.39, 0.29) is 0 Å². The first-order valence-electron chi connectivity index (χ1n) is 8.82. The molecular formula is C20H24N4O. The lowest BCUT2D eigenvalue weighted by Gasteiger charge is -2.04. The zero-order chi connectivity index (χ0) is 17.8. The molecule has 0 aliphatic carbocycles. The Hall–Kier alpha value is -2.56. The highest BCUT2D eigenvalue weighted by Crippen LogP contribution is 2.24. The van der Waals surface area contributed by atoms with Gasteiger partial charge in [0.25, 0.3) is 5.89 Å². The topological polar surface area (TPSA) is 64.7 Å². The molecule has 0 radical (unpaired) electrons. The quantitative estimate of drug-likeness (QED) is 0.602. The van der Waals surface area contributed by atoms with Crippen molar-refractivity contribution < 1.29 is 4.52 Å². The number of rotatable bonds is 6. The number of aryl methyl sites for hydroxylation is 4. The Morgan fingerprint density at radius 3 is 2.20 bits per heavy atom. The summed E-state index contributed by atoms with van der Waals surface area (Å²) in [6.07, 6.45) is 4.55. The molecule has 3 rings (SSSR count). The molecule has 0 aromatic carbocycles. The second-order valence-electron chi connectivity index (χ2n) is 6.51. The zero-order valence-corrected chi connectivity index (χ0v) is 15.3. The average molecular weight is 336 g/mol. The molecule has 3 aromatic heterocycles. The van der Waals surface area contributed by atoms with Crippen LogP contribution >= 0.6 is 0 Å². The van der Waals surface area contributed by atoms with E-state index in [4.69, 9.17) is 4.52 Å². The fraction of sp³-hybridized carbons (Fsp3) is 0.400. The van der Waals surface area contributed by atoms with Gasteiger partial charge in [-0.1, -0.05) is 24.9 Å².